The summed E-state index contributed by atoms with van der Waals surface area (Å²) in [5.41, 5.74) is 7.59. The zero-order chi connectivity index (χ0) is 12.8. The second kappa shape index (κ2) is 6.91. The molecule has 0 heterocycles. The van der Waals surface area contributed by atoms with Gasteiger partial charge in [-0.3, -0.25) is 0 Å². The molecule has 2 nitrogen and oxygen atoms in total. The molecule has 0 bridgehead atoms. The molecule has 1 aliphatic rings. The van der Waals surface area contributed by atoms with Gasteiger partial charge in [-0.05, 0) is 37.8 Å². The molecule has 1 aromatic rings. The Balaban J connectivity index is 1.71. The van der Waals surface area contributed by atoms with Crippen LogP contribution in [0.2, 0.25) is 0 Å². The van der Waals surface area contributed by atoms with Gasteiger partial charge in [-0.25, -0.2) is 0 Å². The van der Waals surface area contributed by atoms with Gasteiger partial charge in [0.2, 0.25) is 0 Å². The lowest BCUT2D eigenvalue weighted by molar-refractivity contribution is 0.262. The fourth-order valence-corrected chi connectivity index (χ4v) is 3.09. The van der Waals surface area contributed by atoms with Gasteiger partial charge in [0.15, 0.2) is 0 Å². The predicted molar refractivity (Wildman–Crippen MR) is 77.6 cm³/mol. The number of nitrogens with zero attached hydrogens (tertiary/aromatic N) is 1. The maximum atomic E-state index is 6.24. The number of nitrogens with two attached hydrogens (primary N) is 1. The van der Waals surface area contributed by atoms with Crippen molar-refractivity contribution in [2.45, 2.75) is 38.1 Å². The van der Waals surface area contributed by atoms with Crippen LogP contribution in [0.15, 0.2) is 30.3 Å². The first-order valence-corrected chi connectivity index (χ1v) is 7.22. The fraction of sp³-hybridized carbons (Fsp3) is 0.625. The van der Waals surface area contributed by atoms with E-state index in [1.54, 1.807) is 0 Å². The van der Waals surface area contributed by atoms with Crippen LogP contribution >= 0.6 is 0 Å². The molecule has 0 aliphatic heterocycles. The highest BCUT2D eigenvalue weighted by Crippen LogP contribution is 2.25. The lowest BCUT2D eigenvalue weighted by Gasteiger charge is -2.24. The average molecular weight is 246 g/mol. The minimum atomic E-state index is 0.249. The van der Waals surface area contributed by atoms with E-state index in [1.165, 1.54) is 37.8 Å². The minimum Gasteiger partial charge on any atom is -0.326 e. The summed E-state index contributed by atoms with van der Waals surface area (Å²) >= 11 is 0. The Morgan fingerprint density at radius 3 is 2.56 bits per heavy atom. The summed E-state index contributed by atoms with van der Waals surface area (Å²) in [5.74, 6) is 0.916. The standard InChI is InChI=1S/C16H26N2/c1-18(12-15-9-5-6-10-15)13-16(17)11-14-7-3-2-4-8-14/h2-4,7-8,15-16H,5-6,9-13,17H2,1H3. The van der Waals surface area contributed by atoms with Gasteiger partial charge in [-0.15, -0.1) is 0 Å². The minimum absolute atomic E-state index is 0.249. The maximum Gasteiger partial charge on any atom is 0.0208 e. The number of likely N-dealkylation sites (N-methyl/N-ethyl adjacent to an activating group) is 1. The molecule has 100 valence electrons. The molecule has 1 aromatic carbocycles. The predicted octanol–water partition coefficient (Wildman–Crippen LogP) is 2.68. The van der Waals surface area contributed by atoms with Gasteiger partial charge in [0, 0.05) is 19.1 Å². The molecule has 0 radical (unpaired) electrons. The molecule has 2 N–H and O–H groups in total. The van der Waals surface area contributed by atoms with E-state index in [9.17, 15) is 0 Å². The normalized spacial score (nSPS) is 18.4. The molecule has 1 aliphatic carbocycles. The molecule has 2 rings (SSSR count). The number of hydrogen-bond acceptors (Lipinski definition) is 2. The summed E-state index contributed by atoms with van der Waals surface area (Å²) < 4.78 is 0. The Bertz CT molecular complexity index is 330. The first kappa shape index (κ1) is 13.6. The SMILES string of the molecule is CN(CC(N)Cc1ccccc1)CC1CCCC1. The van der Waals surface area contributed by atoms with Crippen molar-refractivity contribution in [2.75, 3.05) is 20.1 Å². The average Bonchev–Trinajstić information content (AvgIpc) is 2.82. The topological polar surface area (TPSA) is 29.3 Å². The van der Waals surface area contributed by atoms with Crippen LogP contribution < -0.4 is 5.73 Å². The lowest BCUT2D eigenvalue weighted by atomic mass is 10.0. The van der Waals surface area contributed by atoms with Gasteiger partial charge in [0.05, 0.1) is 0 Å². The molecule has 18 heavy (non-hydrogen) atoms. The van der Waals surface area contributed by atoms with Crippen molar-refractivity contribution in [3.63, 3.8) is 0 Å². The molecule has 0 spiro atoms. The van der Waals surface area contributed by atoms with Gasteiger partial charge in [-0.2, -0.15) is 0 Å². The Kier molecular flexibility index (Phi) is 5.21. The van der Waals surface area contributed by atoms with Crippen molar-refractivity contribution in [1.29, 1.82) is 0 Å². The molecule has 1 atom stereocenters. The fourth-order valence-electron chi connectivity index (χ4n) is 3.09. The number of rotatable bonds is 6. The van der Waals surface area contributed by atoms with Crippen molar-refractivity contribution in [3.05, 3.63) is 35.9 Å². The molecule has 1 unspecified atom stereocenters. The Labute approximate surface area is 111 Å². The van der Waals surface area contributed by atoms with Crippen LogP contribution in [-0.2, 0) is 6.42 Å². The second-order valence-electron chi connectivity index (χ2n) is 5.82. The van der Waals surface area contributed by atoms with Gasteiger partial charge in [0.1, 0.15) is 0 Å². The van der Waals surface area contributed by atoms with E-state index in [0.29, 0.717) is 0 Å². The van der Waals surface area contributed by atoms with Crippen LogP contribution in [0.3, 0.4) is 0 Å². The highest BCUT2D eigenvalue weighted by Gasteiger charge is 2.17. The van der Waals surface area contributed by atoms with Crippen molar-refractivity contribution in [3.8, 4) is 0 Å². The van der Waals surface area contributed by atoms with Gasteiger partial charge >= 0.3 is 0 Å². The molecule has 0 saturated heterocycles. The first-order chi connectivity index (χ1) is 8.74. The Morgan fingerprint density at radius 2 is 1.89 bits per heavy atom. The summed E-state index contributed by atoms with van der Waals surface area (Å²) in [5, 5.41) is 0. The van der Waals surface area contributed by atoms with Crippen LogP contribution in [-0.4, -0.2) is 31.1 Å². The first-order valence-electron chi connectivity index (χ1n) is 7.22. The quantitative estimate of drug-likeness (QED) is 0.836. The third-order valence-corrected chi connectivity index (χ3v) is 3.93. The Hall–Kier alpha value is -0.860. The number of benzene rings is 1. The molecule has 1 saturated carbocycles. The monoisotopic (exact) mass is 246 g/mol. The zero-order valence-corrected chi connectivity index (χ0v) is 11.5. The molecular formula is C16H26N2. The molecule has 0 amide bonds. The van der Waals surface area contributed by atoms with Gasteiger partial charge in [0.25, 0.3) is 0 Å². The molecule has 0 aromatic heterocycles. The summed E-state index contributed by atoms with van der Waals surface area (Å²) in [4.78, 5) is 2.42. The maximum absolute atomic E-state index is 6.24. The van der Waals surface area contributed by atoms with Crippen LogP contribution in [0.5, 0.6) is 0 Å². The molecular weight excluding hydrogens is 220 g/mol. The lowest BCUT2D eigenvalue weighted by Crippen LogP contribution is -2.38. The number of hydrogen-bond donors (Lipinski definition) is 1. The highest BCUT2D eigenvalue weighted by molar-refractivity contribution is 5.15. The van der Waals surface area contributed by atoms with E-state index in [1.807, 2.05) is 0 Å². The van der Waals surface area contributed by atoms with Gasteiger partial charge in [-0.1, -0.05) is 43.2 Å². The third kappa shape index (κ3) is 4.43. The van der Waals surface area contributed by atoms with E-state index in [0.717, 1.165) is 18.9 Å². The van der Waals surface area contributed by atoms with Crippen molar-refractivity contribution in [2.24, 2.45) is 11.7 Å². The zero-order valence-electron chi connectivity index (χ0n) is 11.5. The summed E-state index contributed by atoms with van der Waals surface area (Å²) in [6, 6.07) is 10.8. The third-order valence-electron chi connectivity index (χ3n) is 3.93. The van der Waals surface area contributed by atoms with Crippen LogP contribution in [0.1, 0.15) is 31.2 Å². The van der Waals surface area contributed by atoms with E-state index < -0.39 is 0 Å². The van der Waals surface area contributed by atoms with Crippen molar-refractivity contribution < 1.29 is 0 Å². The summed E-state index contributed by atoms with van der Waals surface area (Å²) in [6.07, 6.45) is 6.66. The Morgan fingerprint density at radius 1 is 1.22 bits per heavy atom. The second-order valence-corrected chi connectivity index (χ2v) is 5.82. The van der Waals surface area contributed by atoms with Crippen LogP contribution in [0.4, 0.5) is 0 Å². The summed E-state index contributed by atoms with van der Waals surface area (Å²) in [6.45, 7) is 2.23. The molecule has 1 fully saturated rings. The summed E-state index contributed by atoms with van der Waals surface area (Å²) in [7, 11) is 2.21. The highest BCUT2D eigenvalue weighted by atomic mass is 15.1. The van der Waals surface area contributed by atoms with E-state index >= 15 is 0 Å². The largest absolute Gasteiger partial charge is 0.326 e. The smallest absolute Gasteiger partial charge is 0.0208 e. The van der Waals surface area contributed by atoms with Crippen molar-refractivity contribution in [1.82, 2.24) is 4.90 Å². The van der Waals surface area contributed by atoms with Crippen molar-refractivity contribution >= 4 is 0 Å². The molecule has 2 heteroatoms. The van der Waals surface area contributed by atoms with Crippen LogP contribution in [0.25, 0.3) is 0 Å². The van der Waals surface area contributed by atoms with E-state index in [-0.39, 0.29) is 6.04 Å². The van der Waals surface area contributed by atoms with E-state index in [2.05, 4.69) is 42.3 Å². The van der Waals surface area contributed by atoms with Gasteiger partial charge < -0.3 is 10.6 Å². The van der Waals surface area contributed by atoms with Crippen LogP contribution in [0, 0.1) is 5.92 Å². The van der Waals surface area contributed by atoms with E-state index in [4.69, 9.17) is 5.73 Å².